The maximum absolute atomic E-state index is 4.66. The van der Waals surface area contributed by atoms with Crippen LogP contribution in [-0.2, 0) is 22.7 Å². The number of thiophene rings is 1. The Labute approximate surface area is 373 Å². The van der Waals surface area contributed by atoms with E-state index >= 15 is 0 Å². The van der Waals surface area contributed by atoms with E-state index in [1.807, 2.05) is 11.3 Å². The van der Waals surface area contributed by atoms with Crippen LogP contribution in [0, 0.1) is 6.92 Å². The van der Waals surface area contributed by atoms with Gasteiger partial charge < -0.3 is 9.80 Å². The van der Waals surface area contributed by atoms with Gasteiger partial charge in [0.15, 0.2) is 0 Å². The topological polar surface area (TPSA) is 6.48 Å². The van der Waals surface area contributed by atoms with Crippen LogP contribution in [-0.4, -0.2) is 6.71 Å². The summed E-state index contributed by atoms with van der Waals surface area (Å²) < 4.78 is 2.80. The van der Waals surface area contributed by atoms with Crippen molar-refractivity contribution < 1.29 is 0 Å². The molecule has 4 heterocycles. The van der Waals surface area contributed by atoms with Gasteiger partial charge in [0.25, 0.3) is 6.71 Å². The number of allylic oxidation sites excluding steroid dienone is 1. The molecule has 0 spiro atoms. The highest BCUT2D eigenvalue weighted by Gasteiger charge is 2.50. The molecule has 0 radical (unpaired) electrons. The zero-order valence-electron chi connectivity index (χ0n) is 38.0. The molecule has 2 nitrogen and oxygen atoms in total. The number of hydrogen-bond donors (Lipinski definition) is 0. The van der Waals surface area contributed by atoms with Crippen molar-refractivity contribution in [3.8, 4) is 11.1 Å². The van der Waals surface area contributed by atoms with Gasteiger partial charge in [0, 0.05) is 43.4 Å². The SMILES string of the molecule is C=C(C)c1cc2c3c(c1)N(c1ccc(C(C)(C)C)cc1-c1ccccc1)c1c(sc4ccc(C)cc14)B3c1ccc3c4c1N2c1cc2c(cc1C4CCC3)C(C)(C)CCC2(C)C. The third-order valence-electron chi connectivity index (χ3n) is 15.7. The fourth-order valence-corrected chi connectivity index (χ4v) is 13.5. The number of aryl methyl sites for hydroxylation is 2. The van der Waals surface area contributed by atoms with Crippen LogP contribution in [0.3, 0.4) is 0 Å². The van der Waals surface area contributed by atoms with Gasteiger partial charge in [0.1, 0.15) is 0 Å². The largest absolute Gasteiger partial charge is 0.311 e. The second-order valence-electron chi connectivity index (χ2n) is 21.7. The van der Waals surface area contributed by atoms with Crippen LogP contribution in [0.1, 0.15) is 131 Å². The summed E-state index contributed by atoms with van der Waals surface area (Å²) in [7, 11) is 0. The van der Waals surface area contributed by atoms with Gasteiger partial charge in [-0.15, -0.1) is 11.3 Å². The third kappa shape index (κ3) is 5.29. The van der Waals surface area contributed by atoms with E-state index in [1.54, 1.807) is 16.7 Å². The minimum absolute atomic E-state index is 0.00320. The minimum atomic E-state index is -0.00320. The fraction of sp³-hybridized carbons (Fsp3) is 0.310. The molecular formula is C58H57BN2S. The molecule has 12 rings (SSSR count). The number of rotatable bonds is 3. The molecule has 0 fully saturated rings. The maximum atomic E-state index is 4.66. The monoisotopic (exact) mass is 824 g/mol. The van der Waals surface area contributed by atoms with Gasteiger partial charge in [-0.05, 0) is 160 Å². The van der Waals surface area contributed by atoms with E-state index in [2.05, 4.69) is 182 Å². The molecular weight excluding hydrogens is 768 g/mol. The Kier molecular flexibility index (Phi) is 7.97. The highest BCUT2D eigenvalue weighted by Crippen LogP contribution is 2.59. The van der Waals surface area contributed by atoms with E-state index in [0.29, 0.717) is 5.92 Å². The van der Waals surface area contributed by atoms with Gasteiger partial charge in [0.2, 0.25) is 0 Å². The predicted octanol–water partition coefficient (Wildman–Crippen LogP) is 14.4. The molecule has 0 saturated carbocycles. The molecule has 3 aliphatic heterocycles. The molecule has 1 unspecified atom stereocenters. The lowest BCUT2D eigenvalue weighted by atomic mass is 9.35. The second-order valence-corrected chi connectivity index (χ2v) is 22.8. The van der Waals surface area contributed by atoms with E-state index in [-0.39, 0.29) is 23.0 Å². The van der Waals surface area contributed by atoms with Crippen LogP contribution in [0.2, 0.25) is 0 Å². The summed E-state index contributed by atoms with van der Waals surface area (Å²) in [6.07, 6.45) is 6.00. The van der Waals surface area contributed by atoms with Crippen molar-refractivity contribution in [3.05, 3.63) is 154 Å². The van der Waals surface area contributed by atoms with Crippen molar-refractivity contribution in [2.75, 3.05) is 9.80 Å². The smallest absolute Gasteiger partial charge is 0.264 e. The minimum Gasteiger partial charge on any atom is -0.311 e. The highest BCUT2D eigenvalue weighted by molar-refractivity contribution is 7.33. The zero-order chi connectivity index (χ0) is 42.8. The average molecular weight is 825 g/mol. The summed E-state index contributed by atoms with van der Waals surface area (Å²) in [4.78, 5) is 5.45. The van der Waals surface area contributed by atoms with Crippen molar-refractivity contribution in [1.29, 1.82) is 0 Å². The second kappa shape index (κ2) is 12.9. The van der Waals surface area contributed by atoms with Crippen LogP contribution >= 0.6 is 11.3 Å². The molecule has 1 atom stereocenters. The molecule has 5 aliphatic rings. The van der Waals surface area contributed by atoms with Crippen LogP contribution in [0.25, 0.3) is 26.8 Å². The van der Waals surface area contributed by atoms with Crippen molar-refractivity contribution in [1.82, 2.24) is 0 Å². The number of hydrogen-bond acceptors (Lipinski definition) is 3. The molecule has 7 aromatic rings. The molecule has 0 N–H and O–H groups in total. The Morgan fingerprint density at radius 2 is 1.47 bits per heavy atom. The highest BCUT2D eigenvalue weighted by atomic mass is 32.1. The van der Waals surface area contributed by atoms with E-state index in [1.165, 1.54) is 125 Å². The first-order chi connectivity index (χ1) is 29.6. The lowest BCUT2D eigenvalue weighted by Gasteiger charge is -2.50. The Morgan fingerprint density at radius 3 is 2.18 bits per heavy atom. The lowest BCUT2D eigenvalue weighted by Crippen LogP contribution is -2.61. The van der Waals surface area contributed by atoms with Gasteiger partial charge >= 0.3 is 0 Å². The molecule has 308 valence electrons. The van der Waals surface area contributed by atoms with Crippen LogP contribution < -0.4 is 25.5 Å². The molecule has 6 aromatic carbocycles. The van der Waals surface area contributed by atoms with Gasteiger partial charge in [-0.1, -0.05) is 127 Å². The van der Waals surface area contributed by atoms with Crippen LogP contribution in [0.4, 0.5) is 34.1 Å². The summed E-state index contributed by atoms with van der Waals surface area (Å²) >= 11 is 2.01. The molecule has 0 bridgehead atoms. The fourth-order valence-electron chi connectivity index (χ4n) is 12.2. The van der Waals surface area contributed by atoms with Crippen molar-refractivity contribution in [2.24, 2.45) is 0 Å². The van der Waals surface area contributed by atoms with Crippen molar-refractivity contribution >= 4 is 83.5 Å². The molecule has 62 heavy (non-hydrogen) atoms. The van der Waals surface area contributed by atoms with E-state index in [9.17, 15) is 0 Å². The van der Waals surface area contributed by atoms with Crippen LogP contribution in [0.15, 0.2) is 110 Å². The first-order valence-corrected chi connectivity index (χ1v) is 23.9. The number of fused-ring (bicyclic) bond motifs is 10. The summed E-state index contributed by atoms with van der Waals surface area (Å²) in [5.41, 5.74) is 26.3. The quantitative estimate of drug-likeness (QED) is 0.164. The Balaban J connectivity index is 1.23. The van der Waals surface area contributed by atoms with E-state index in [4.69, 9.17) is 0 Å². The van der Waals surface area contributed by atoms with Gasteiger partial charge in [0.05, 0.1) is 17.1 Å². The molecule has 0 saturated heterocycles. The zero-order valence-corrected chi connectivity index (χ0v) is 38.8. The van der Waals surface area contributed by atoms with Gasteiger partial charge in [-0.2, -0.15) is 0 Å². The Bertz CT molecular complexity index is 3100. The van der Waals surface area contributed by atoms with Crippen molar-refractivity contribution in [3.63, 3.8) is 0 Å². The number of nitrogens with zero attached hydrogens (tertiary/aromatic N) is 2. The molecule has 0 amide bonds. The summed E-state index contributed by atoms with van der Waals surface area (Å²) in [6, 6.07) is 41.0. The van der Waals surface area contributed by atoms with Crippen LogP contribution in [0.5, 0.6) is 0 Å². The van der Waals surface area contributed by atoms with E-state index < -0.39 is 0 Å². The Hall–Kier alpha value is -5.32. The maximum Gasteiger partial charge on any atom is 0.264 e. The first kappa shape index (κ1) is 38.4. The summed E-state index contributed by atoms with van der Waals surface area (Å²) in [5.74, 6) is 0.399. The number of benzene rings is 6. The Morgan fingerprint density at radius 1 is 0.758 bits per heavy atom. The molecule has 2 aliphatic carbocycles. The normalized spacial score (nSPS) is 18.5. The molecule has 4 heteroatoms. The molecule has 1 aromatic heterocycles. The van der Waals surface area contributed by atoms with Gasteiger partial charge in [-0.3, -0.25) is 0 Å². The van der Waals surface area contributed by atoms with Gasteiger partial charge in [-0.25, -0.2) is 0 Å². The summed E-state index contributed by atoms with van der Waals surface area (Å²) in [6.45, 7) is 26.2. The third-order valence-corrected chi connectivity index (χ3v) is 16.9. The van der Waals surface area contributed by atoms with Crippen molar-refractivity contribution in [2.45, 2.75) is 117 Å². The predicted molar refractivity (Wildman–Crippen MR) is 269 cm³/mol. The first-order valence-electron chi connectivity index (χ1n) is 23.1. The standard InChI is InChI=1S/C58H57BN2S/c1-33(2)37-28-48-52-49(29-37)61-47-32-44-43(57(7,8)25-26-58(44,9)10)31-41(47)39-18-14-17-36-20-22-45(54(61)51(36)39)59(52)55-53(42-27-34(3)19-24-50(42)62-55)60(48)46-23-21-38(56(4,5)6)30-40(46)35-15-12-11-13-16-35/h11-13,15-16,19-24,27-32,39H,1,14,17-18,25-26H2,2-10H3. The van der Waals surface area contributed by atoms with E-state index in [0.717, 1.165) is 12.0 Å². The average Bonchev–Trinajstić information content (AvgIpc) is 3.62. The number of anilines is 6. The summed E-state index contributed by atoms with van der Waals surface area (Å²) in [5, 5.41) is 1.34. The lowest BCUT2D eigenvalue weighted by molar-refractivity contribution is 0.331.